The molecule has 0 saturated carbocycles. The molecule has 0 amide bonds. The van der Waals surface area contributed by atoms with Crippen LogP contribution in [0.2, 0.25) is 0 Å². The number of aryl methyl sites for hydroxylation is 2. The van der Waals surface area contributed by atoms with Gasteiger partial charge in [0.15, 0.2) is 0 Å². The number of fused-ring (bicyclic) bond motifs is 1. The lowest BCUT2D eigenvalue weighted by Crippen LogP contribution is -2.35. The molecular formula is C18H25N3. The van der Waals surface area contributed by atoms with Gasteiger partial charge >= 0.3 is 0 Å². The highest BCUT2D eigenvalue weighted by Gasteiger charge is 2.13. The van der Waals surface area contributed by atoms with Crippen LogP contribution >= 0.6 is 0 Å². The smallest absolute Gasteiger partial charge is 0.0663 e. The van der Waals surface area contributed by atoms with Gasteiger partial charge in [0.2, 0.25) is 0 Å². The van der Waals surface area contributed by atoms with Gasteiger partial charge in [-0.15, -0.1) is 0 Å². The lowest BCUT2D eigenvalue weighted by Gasteiger charge is -2.21. The Morgan fingerprint density at radius 2 is 1.95 bits per heavy atom. The molecule has 112 valence electrons. The van der Waals surface area contributed by atoms with Crippen LogP contribution in [0.1, 0.15) is 49.6 Å². The zero-order valence-electron chi connectivity index (χ0n) is 13.3. The summed E-state index contributed by atoms with van der Waals surface area (Å²) in [5.41, 5.74) is 5.80. The summed E-state index contributed by atoms with van der Waals surface area (Å²) in [5.74, 6) is 0. The Balaban J connectivity index is 1.72. The molecule has 3 nitrogen and oxygen atoms in total. The third-order valence-electron chi connectivity index (χ3n) is 4.10. The maximum Gasteiger partial charge on any atom is 0.0663 e. The van der Waals surface area contributed by atoms with Gasteiger partial charge < -0.3 is 5.32 Å². The van der Waals surface area contributed by atoms with Crippen molar-refractivity contribution in [2.75, 3.05) is 0 Å². The molecule has 1 heterocycles. The fourth-order valence-electron chi connectivity index (χ4n) is 2.90. The Labute approximate surface area is 127 Å². The Morgan fingerprint density at radius 1 is 1.14 bits per heavy atom. The molecule has 1 N–H and O–H groups in total. The van der Waals surface area contributed by atoms with Crippen LogP contribution in [0.3, 0.4) is 0 Å². The fraction of sp³-hybridized carbons (Fsp3) is 0.500. The highest BCUT2D eigenvalue weighted by Crippen LogP contribution is 2.23. The van der Waals surface area contributed by atoms with E-state index >= 15 is 0 Å². The zero-order chi connectivity index (χ0) is 14.9. The van der Waals surface area contributed by atoms with Crippen LogP contribution in [-0.2, 0) is 25.9 Å². The molecule has 0 fully saturated rings. The maximum absolute atomic E-state index is 4.48. The van der Waals surface area contributed by atoms with E-state index in [1.807, 2.05) is 6.20 Å². The molecular weight excluding hydrogens is 258 g/mol. The average Bonchev–Trinajstić information content (AvgIpc) is 3.04. The molecule has 0 aliphatic heterocycles. The van der Waals surface area contributed by atoms with Crippen molar-refractivity contribution in [3.63, 3.8) is 0 Å². The summed E-state index contributed by atoms with van der Waals surface area (Å²) in [4.78, 5) is 0. The predicted molar refractivity (Wildman–Crippen MR) is 86.4 cm³/mol. The number of nitrogens with one attached hydrogen (secondary N) is 1. The first-order valence-corrected chi connectivity index (χ1v) is 7.88. The second-order valence-corrected chi connectivity index (χ2v) is 7.04. The normalized spacial score (nSPS) is 14.4. The molecule has 3 heteroatoms. The quantitative estimate of drug-likeness (QED) is 0.933. The molecule has 2 aromatic rings. The van der Waals surface area contributed by atoms with Gasteiger partial charge in [-0.25, -0.2) is 0 Å². The standard InChI is InChI=1S/C18H25N3/c1-18(2,3)19-12-17-9-10-20-21(17)13-14-7-8-15-5-4-6-16(15)11-14/h7-11,19H,4-6,12-13H2,1-3H3. The zero-order valence-corrected chi connectivity index (χ0v) is 13.3. The molecule has 1 aliphatic rings. The van der Waals surface area contributed by atoms with Gasteiger partial charge in [-0.2, -0.15) is 5.10 Å². The summed E-state index contributed by atoms with van der Waals surface area (Å²) >= 11 is 0. The summed E-state index contributed by atoms with van der Waals surface area (Å²) in [5, 5.41) is 8.01. The van der Waals surface area contributed by atoms with Crippen LogP contribution in [0.25, 0.3) is 0 Å². The van der Waals surface area contributed by atoms with E-state index in [1.165, 1.54) is 41.6 Å². The SMILES string of the molecule is CC(C)(C)NCc1ccnn1Cc1ccc2c(c1)CCC2. The molecule has 1 aromatic carbocycles. The van der Waals surface area contributed by atoms with E-state index in [9.17, 15) is 0 Å². The minimum absolute atomic E-state index is 0.128. The van der Waals surface area contributed by atoms with Crippen molar-refractivity contribution in [3.8, 4) is 0 Å². The van der Waals surface area contributed by atoms with Crippen LogP contribution in [0.4, 0.5) is 0 Å². The topological polar surface area (TPSA) is 29.9 Å². The van der Waals surface area contributed by atoms with Crippen LogP contribution in [-0.4, -0.2) is 15.3 Å². The number of hydrogen-bond acceptors (Lipinski definition) is 2. The minimum atomic E-state index is 0.128. The lowest BCUT2D eigenvalue weighted by molar-refractivity contribution is 0.414. The Hall–Kier alpha value is -1.61. The largest absolute Gasteiger partial charge is 0.306 e. The second kappa shape index (κ2) is 5.64. The Kier molecular flexibility index (Phi) is 3.85. The van der Waals surface area contributed by atoms with E-state index < -0.39 is 0 Å². The van der Waals surface area contributed by atoms with E-state index in [1.54, 1.807) is 0 Å². The van der Waals surface area contributed by atoms with Gasteiger partial charge in [-0.05, 0) is 62.8 Å². The lowest BCUT2D eigenvalue weighted by atomic mass is 10.1. The van der Waals surface area contributed by atoms with Crippen molar-refractivity contribution in [1.82, 2.24) is 15.1 Å². The van der Waals surface area contributed by atoms with Crippen molar-refractivity contribution in [2.24, 2.45) is 0 Å². The molecule has 3 rings (SSSR count). The van der Waals surface area contributed by atoms with Crippen molar-refractivity contribution in [1.29, 1.82) is 0 Å². The van der Waals surface area contributed by atoms with Crippen molar-refractivity contribution in [3.05, 3.63) is 52.8 Å². The summed E-state index contributed by atoms with van der Waals surface area (Å²) in [6.07, 6.45) is 5.69. The highest BCUT2D eigenvalue weighted by molar-refractivity contribution is 5.35. The van der Waals surface area contributed by atoms with E-state index in [-0.39, 0.29) is 5.54 Å². The fourth-order valence-corrected chi connectivity index (χ4v) is 2.90. The molecule has 0 spiro atoms. The monoisotopic (exact) mass is 283 g/mol. The summed E-state index contributed by atoms with van der Waals surface area (Å²) in [6, 6.07) is 9.03. The van der Waals surface area contributed by atoms with E-state index in [0.717, 1.165) is 13.1 Å². The Morgan fingerprint density at radius 3 is 2.76 bits per heavy atom. The van der Waals surface area contributed by atoms with Crippen LogP contribution in [0, 0.1) is 0 Å². The highest BCUT2D eigenvalue weighted by atomic mass is 15.3. The summed E-state index contributed by atoms with van der Waals surface area (Å²) in [7, 11) is 0. The Bertz CT molecular complexity index is 620. The maximum atomic E-state index is 4.48. The van der Waals surface area contributed by atoms with E-state index in [4.69, 9.17) is 0 Å². The number of nitrogens with zero attached hydrogens (tertiary/aromatic N) is 2. The van der Waals surface area contributed by atoms with Crippen molar-refractivity contribution < 1.29 is 0 Å². The van der Waals surface area contributed by atoms with Gasteiger partial charge in [0.25, 0.3) is 0 Å². The number of rotatable bonds is 4. The molecule has 1 aromatic heterocycles. The first-order valence-electron chi connectivity index (χ1n) is 7.88. The van der Waals surface area contributed by atoms with Crippen LogP contribution in [0.5, 0.6) is 0 Å². The molecule has 0 atom stereocenters. The van der Waals surface area contributed by atoms with Crippen LogP contribution < -0.4 is 5.32 Å². The summed E-state index contributed by atoms with van der Waals surface area (Å²) in [6.45, 7) is 8.28. The molecule has 0 bridgehead atoms. The average molecular weight is 283 g/mol. The molecule has 21 heavy (non-hydrogen) atoms. The second-order valence-electron chi connectivity index (χ2n) is 7.04. The number of aromatic nitrogens is 2. The minimum Gasteiger partial charge on any atom is -0.306 e. The predicted octanol–water partition coefficient (Wildman–Crippen LogP) is 3.31. The van der Waals surface area contributed by atoms with Gasteiger partial charge in [0.1, 0.15) is 0 Å². The third kappa shape index (κ3) is 3.53. The van der Waals surface area contributed by atoms with Crippen molar-refractivity contribution in [2.45, 2.75) is 58.7 Å². The molecule has 0 saturated heterocycles. The van der Waals surface area contributed by atoms with Gasteiger partial charge in [-0.1, -0.05) is 18.2 Å². The van der Waals surface area contributed by atoms with Crippen molar-refractivity contribution >= 4 is 0 Å². The van der Waals surface area contributed by atoms with Gasteiger partial charge in [0.05, 0.1) is 12.2 Å². The van der Waals surface area contributed by atoms with E-state index in [0.29, 0.717) is 0 Å². The number of hydrogen-bond donors (Lipinski definition) is 1. The first kappa shape index (κ1) is 14.3. The van der Waals surface area contributed by atoms with Crippen LogP contribution in [0.15, 0.2) is 30.5 Å². The van der Waals surface area contributed by atoms with Gasteiger partial charge in [-0.3, -0.25) is 4.68 Å². The van der Waals surface area contributed by atoms with E-state index in [2.05, 4.69) is 60.1 Å². The third-order valence-corrected chi connectivity index (χ3v) is 4.10. The molecule has 0 radical (unpaired) electrons. The summed E-state index contributed by atoms with van der Waals surface area (Å²) < 4.78 is 2.11. The number of benzene rings is 1. The molecule has 0 unspecified atom stereocenters. The molecule has 1 aliphatic carbocycles. The first-order chi connectivity index (χ1) is 10.0. The van der Waals surface area contributed by atoms with Gasteiger partial charge in [0, 0.05) is 18.3 Å².